The van der Waals surface area contributed by atoms with Gasteiger partial charge in [-0.15, -0.1) is 0 Å². The van der Waals surface area contributed by atoms with Gasteiger partial charge >= 0.3 is 12.2 Å². The number of hydrogen-bond donors (Lipinski definition) is 0. The first-order valence-corrected chi connectivity index (χ1v) is 14.8. The third-order valence-corrected chi connectivity index (χ3v) is 8.54. The average molecular weight is 616 g/mol. The van der Waals surface area contributed by atoms with Crippen molar-refractivity contribution in [2.45, 2.75) is 50.9 Å². The Balaban J connectivity index is 1.52. The highest BCUT2D eigenvalue weighted by atomic mass is 19.4. The van der Waals surface area contributed by atoms with E-state index in [0.29, 0.717) is 50.6 Å². The van der Waals surface area contributed by atoms with E-state index in [4.69, 9.17) is 14.7 Å². The molecule has 1 aliphatic carbocycles. The van der Waals surface area contributed by atoms with Crippen molar-refractivity contribution in [3.05, 3.63) is 53.5 Å². The SMILES string of the molecule is C=CC(=O)N1CCN(c2nc(OCC3(CN(C)C)CC3)nc3c2CCCN(c2c(F)cccc2C(F)(F)F)C3)C[C@@H]1CC#N. The molecule has 0 N–H and O–H groups in total. The summed E-state index contributed by atoms with van der Waals surface area (Å²) in [4.78, 5) is 29.1. The monoisotopic (exact) mass is 615 g/mol. The number of para-hydroxylation sites is 1. The van der Waals surface area contributed by atoms with Crippen molar-refractivity contribution >= 4 is 17.4 Å². The zero-order chi connectivity index (χ0) is 31.6. The summed E-state index contributed by atoms with van der Waals surface area (Å²) in [7, 11) is 4.00. The highest BCUT2D eigenvalue weighted by Crippen LogP contribution is 2.46. The summed E-state index contributed by atoms with van der Waals surface area (Å²) in [5, 5.41) is 9.48. The van der Waals surface area contributed by atoms with E-state index >= 15 is 4.39 Å². The van der Waals surface area contributed by atoms with Gasteiger partial charge in [0.1, 0.15) is 11.6 Å². The molecule has 1 amide bonds. The Hall–Kier alpha value is -3.92. The molecular formula is C31H37F4N7O2. The van der Waals surface area contributed by atoms with Gasteiger partial charge in [-0.1, -0.05) is 12.6 Å². The Morgan fingerprint density at radius 2 is 2.00 bits per heavy atom. The Morgan fingerprint density at radius 3 is 2.66 bits per heavy atom. The fourth-order valence-electron chi connectivity index (χ4n) is 6.32. The number of benzene rings is 1. The van der Waals surface area contributed by atoms with Gasteiger partial charge in [-0.2, -0.15) is 28.4 Å². The molecule has 236 valence electrons. The van der Waals surface area contributed by atoms with E-state index < -0.39 is 29.3 Å². The number of nitriles is 1. The molecule has 0 spiro atoms. The van der Waals surface area contributed by atoms with Crippen LogP contribution in [0.5, 0.6) is 6.01 Å². The molecule has 0 unspecified atom stereocenters. The first-order chi connectivity index (χ1) is 20.9. The lowest BCUT2D eigenvalue weighted by molar-refractivity contribution is -0.137. The van der Waals surface area contributed by atoms with Crippen LogP contribution in [0.3, 0.4) is 0 Å². The molecule has 1 aromatic carbocycles. The zero-order valence-corrected chi connectivity index (χ0v) is 25.0. The number of halogens is 4. The lowest BCUT2D eigenvalue weighted by Gasteiger charge is -2.41. The van der Waals surface area contributed by atoms with Gasteiger partial charge in [-0.25, -0.2) is 4.39 Å². The molecule has 44 heavy (non-hydrogen) atoms. The molecule has 3 heterocycles. The van der Waals surface area contributed by atoms with Gasteiger partial charge in [0, 0.05) is 43.7 Å². The van der Waals surface area contributed by atoms with E-state index in [-0.39, 0.29) is 36.8 Å². The van der Waals surface area contributed by atoms with Crippen molar-refractivity contribution < 1.29 is 27.1 Å². The van der Waals surface area contributed by atoms with Crippen molar-refractivity contribution in [1.82, 2.24) is 19.8 Å². The van der Waals surface area contributed by atoms with Crippen LogP contribution >= 0.6 is 0 Å². The summed E-state index contributed by atoms with van der Waals surface area (Å²) in [5.74, 6) is -0.634. The maximum atomic E-state index is 15.1. The van der Waals surface area contributed by atoms with E-state index in [2.05, 4.69) is 17.5 Å². The Bertz CT molecular complexity index is 1440. The van der Waals surface area contributed by atoms with Crippen LogP contribution in [0, 0.1) is 22.6 Å². The summed E-state index contributed by atoms with van der Waals surface area (Å²) < 4.78 is 63.1. The van der Waals surface area contributed by atoms with Crippen molar-refractivity contribution in [3.63, 3.8) is 0 Å². The van der Waals surface area contributed by atoms with Crippen LogP contribution in [0.4, 0.5) is 29.1 Å². The lowest BCUT2D eigenvalue weighted by Crippen LogP contribution is -2.55. The number of amides is 1. The van der Waals surface area contributed by atoms with E-state index in [1.54, 1.807) is 4.90 Å². The second-order valence-corrected chi connectivity index (χ2v) is 12.1. The van der Waals surface area contributed by atoms with Crippen LogP contribution in [0.15, 0.2) is 30.9 Å². The summed E-state index contributed by atoms with van der Waals surface area (Å²) in [6.07, 6.45) is -0.494. The van der Waals surface area contributed by atoms with Crippen LogP contribution in [0.1, 0.15) is 42.5 Å². The number of hydrogen-bond acceptors (Lipinski definition) is 8. The molecule has 5 rings (SSSR count). The summed E-state index contributed by atoms with van der Waals surface area (Å²) in [6.45, 7) is 6.01. The van der Waals surface area contributed by atoms with E-state index in [1.807, 2.05) is 19.0 Å². The third kappa shape index (κ3) is 6.75. The van der Waals surface area contributed by atoms with E-state index in [0.717, 1.165) is 43.1 Å². The molecule has 1 saturated heterocycles. The molecule has 9 nitrogen and oxygen atoms in total. The maximum absolute atomic E-state index is 15.1. The molecule has 3 aliphatic rings. The number of nitrogens with zero attached hydrogens (tertiary/aromatic N) is 7. The summed E-state index contributed by atoms with van der Waals surface area (Å²) in [6, 6.07) is 4.86. The molecule has 1 saturated carbocycles. The fourth-order valence-corrected chi connectivity index (χ4v) is 6.32. The molecule has 2 fully saturated rings. The minimum absolute atomic E-state index is 0.0187. The smallest absolute Gasteiger partial charge is 0.418 e. The second kappa shape index (κ2) is 12.6. The van der Waals surface area contributed by atoms with Crippen LogP contribution in [0.2, 0.25) is 0 Å². The maximum Gasteiger partial charge on any atom is 0.418 e. The fraction of sp³-hybridized carbons (Fsp3) is 0.548. The Kier molecular flexibility index (Phi) is 9.02. The topological polar surface area (TPSA) is 88.8 Å². The number of anilines is 2. The highest BCUT2D eigenvalue weighted by Gasteiger charge is 2.44. The number of aromatic nitrogens is 2. The number of rotatable bonds is 9. The molecule has 0 bridgehead atoms. The number of alkyl halides is 3. The predicted molar refractivity (Wildman–Crippen MR) is 157 cm³/mol. The number of fused-ring (bicyclic) bond motifs is 1. The van der Waals surface area contributed by atoms with Gasteiger partial charge in [0.25, 0.3) is 0 Å². The lowest BCUT2D eigenvalue weighted by atomic mass is 10.1. The molecule has 0 radical (unpaired) electrons. The zero-order valence-electron chi connectivity index (χ0n) is 25.0. The molecule has 1 aromatic heterocycles. The van der Waals surface area contributed by atoms with Crippen molar-refractivity contribution in [2.75, 3.05) is 63.2 Å². The molecular weight excluding hydrogens is 578 g/mol. The van der Waals surface area contributed by atoms with Crippen molar-refractivity contribution in [1.29, 1.82) is 5.26 Å². The first kappa shape index (κ1) is 31.5. The van der Waals surface area contributed by atoms with Gasteiger partial charge in [0.05, 0.1) is 48.6 Å². The second-order valence-electron chi connectivity index (χ2n) is 12.1. The number of piperazine rings is 1. The number of carbonyl (C=O) groups excluding carboxylic acids is 1. The Labute approximate surface area is 254 Å². The minimum Gasteiger partial charge on any atom is -0.463 e. The summed E-state index contributed by atoms with van der Waals surface area (Å²) in [5.41, 5.74) is -0.330. The van der Waals surface area contributed by atoms with Crippen LogP contribution in [-0.2, 0) is 23.9 Å². The Morgan fingerprint density at radius 1 is 1.23 bits per heavy atom. The highest BCUT2D eigenvalue weighted by molar-refractivity contribution is 5.87. The minimum atomic E-state index is -4.74. The van der Waals surface area contributed by atoms with Gasteiger partial charge in [-0.3, -0.25) is 4.79 Å². The standard InChI is InChI=1S/C31H37F4N7O2/c1-4-26(43)42-16-15-41(17-21(42)10-13-36)28-22-7-6-14-40(27-23(31(33,34)35)8-5-9-24(27)32)18-25(22)37-29(38-28)44-20-30(11-12-30)19-39(2)3/h4-5,8-9,21H,1,6-7,10-12,14-20H2,2-3H3/t21-/m0/s1. The largest absolute Gasteiger partial charge is 0.463 e. The predicted octanol–water partition coefficient (Wildman–Crippen LogP) is 4.42. The van der Waals surface area contributed by atoms with Crippen LogP contribution < -0.4 is 14.5 Å². The quantitative estimate of drug-likeness (QED) is 0.303. The van der Waals surface area contributed by atoms with Gasteiger partial charge in [0.15, 0.2) is 0 Å². The molecule has 1 atom stereocenters. The average Bonchev–Trinajstić information content (AvgIpc) is 3.77. The van der Waals surface area contributed by atoms with Crippen molar-refractivity contribution in [3.8, 4) is 12.1 Å². The molecule has 2 aromatic rings. The van der Waals surface area contributed by atoms with Gasteiger partial charge < -0.3 is 24.3 Å². The number of ether oxygens (including phenoxy) is 1. The van der Waals surface area contributed by atoms with E-state index in [9.17, 15) is 23.2 Å². The van der Waals surface area contributed by atoms with Gasteiger partial charge in [-0.05, 0) is 58.0 Å². The van der Waals surface area contributed by atoms with Gasteiger partial charge in [0.2, 0.25) is 5.91 Å². The van der Waals surface area contributed by atoms with Crippen molar-refractivity contribution in [2.24, 2.45) is 5.41 Å². The normalized spacial score (nSPS) is 19.7. The van der Waals surface area contributed by atoms with E-state index in [1.165, 1.54) is 11.0 Å². The summed E-state index contributed by atoms with van der Waals surface area (Å²) >= 11 is 0. The van der Waals surface area contributed by atoms with Crippen LogP contribution in [-0.4, -0.2) is 85.1 Å². The first-order valence-electron chi connectivity index (χ1n) is 14.8. The number of carbonyl (C=O) groups is 1. The third-order valence-electron chi connectivity index (χ3n) is 8.54. The molecule has 2 aliphatic heterocycles. The molecule has 13 heteroatoms. The van der Waals surface area contributed by atoms with Crippen LogP contribution in [0.25, 0.3) is 0 Å².